The summed E-state index contributed by atoms with van der Waals surface area (Å²) in [7, 11) is 0. The summed E-state index contributed by atoms with van der Waals surface area (Å²) in [5, 5.41) is 23.1. The van der Waals surface area contributed by atoms with Crippen LogP contribution < -0.4 is 5.43 Å². The maximum Gasteiger partial charge on any atom is 0.271 e. The van der Waals surface area contributed by atoms with Crippen molar-refractivity contribution in [3.8, 4) is 11.5 Å². The zero-order valence-electron chi connectivity index (χ0n) is 12.1. The van der Waals surface area contributed by atoms with Crippen molar-refractivity contribution in [3.63, 3.8) is 0 Å². The van der Waals surface area contributed by atoms with Gasteiger partial charge in [-0.3, -0.25) is 4.79 Å². The van der Waals surface area contributed by atoms with Crippen LogP contribution in [0, 0.1) is 6.92 Å². The number of nitrogens with zero attached hydrogens (tertiary/aromatic N) is 1. The van der Waals surface area contributed by atoms with Gasteiger partial charge >= 0.3 is 0 Å². The van der Waals surface area contributed by atoms with Crippen LogP contribution in [0.25, 0.3) is 0 Å². The summed E-state index contributed by atoms with van der Waals surface area (Å²) >= 11 is 3.37. The molecule has 5 nitrogen and oxygen atoms in total. The highest BCUT2D eigenvalue weighted by molar-refractivity contribution is 9.10. The molecule has 0 radical (unpaired) electrons. The number of hydrogen-bond donors (Lipinski definition) is 3. The molecule has 0 atom stereocenters. The maximum atomic E-state index is 12.0. The highest BCUT2D eigenvalue weighted by Gasteiger charge is 2.09. The van der Waals surface area contributed by atoms with Crippen molar-refractivity contribution in [2.75, 3.05) is 0 Å². The van der Waals surface area contributed by atoms with Crippen LogP contribution in [-0.2, 0) is 0 Å². The predicted octanol–water partition coefficient (Wildman–Crippen LogP) is 3.32. The molecule has 0 bridgehead atoms. The largest absolute Gasteiger partial charge is 0.508 e. The summed E-state index contributed by atoms with van der Waals surface area (Å²) < 4.78 is 0.839. The Morgan fingerprint density at radius 1 is 1.18 bits per heavy atom. The Bertz CT molecular complexity index is 757. The van der Waals surface area contributed by atoms with Gasteiger partial charge in [-0.1, -0.05) is 22.0 Å². The zero-order valence-corrected chi connectivity index (χ0v) is 13.7. The standard InChI is InChI=1S/C16H15BrN2O3/c1-9-3-4-11(7-14(9)17)16(22)19-18-10(2)13-8-12(20)5-6-15(13)21/h3-8,20-21H,1-2H3,(H,19,22)/b18-10-. The summed E-state index contributed by atoms with van der Waals surface area (Å²) in [5.41, 5.74) is 4.66. The summed E-state index contributed by atoms with van der Waals surface area (Å²) in [6.45, 7) is 3.55. The number of benzene rings is 2. The van der Waals surface area contributed by atoms with Crippen LogP contribution >= 0.6 is 15.9 Å². The molecular formula is C16H15BrN2O3. The Labute approximate surface area is 136 Å². The number of aromatic hydroxyl groups is 2. The van der Waals surface area contributed by atoms with Gasteiger partial charge in [0, 0.05) is 15.6 Å². The number of phenolic OH excluding ortho intramolecular Hbond substituents is 2. The zero-order chi connectivity index (χ0) is 16.3. The van der Waals surface area contributed by atoms with Gasteiger partial charge in [-0.05, 0) is 49.7 Å². The van der Waals surface area contributed by atoms with E-state index in [2.05, 4.69) is 26.5 Å². The minimum absolute atomic E-state index is 0.0103. The van der Waals surface area contributed by atoms with E-state index >= 15 is 0 Å². The number of phenols is 2. The Balaban J connectivity index is 2.18. The molecule has 3 N–H and O–H groups in total. The van der Waals surface area contributed by atoms with Gasteiger partial charge in [-0.2, -0.15) is 5.10 Å². The Morgan fingerprint density at radius 3 is 2.59 bits per heavy atom. The highest BCUT2D eigenvalue weighted by Crippen LogP contribution is 2.22. The molecule has 0 saturated heterocycles. The molecule has 6 heteroatoms. The lowest BCUT2D eigenvalue weighted by Gasteiger charge is -2.06. The number of amides is 1. The third-order valence-electron chi connectivity index (χ3n) is 3.13. The molecule has 22 heavy (non-hydrogen) atoms. The number of nitrogens with one attached hydrogen (secondary N) is 1. The molecule has 0 saturated carbocycles. The predicted molar refractivity (Wildman–Crippen MR) is 88.3 cm³/mol. The summed E-state index contributed by atoms with van der Waals surface area (Å²) in [6, 6.07) is 9.35. The fraction of sp³-hybridized carbons (Fsp3) is 0.125. The number of carbonyl (C=O) groups is 1. The quantitative estimate of drug-likeness (QED) is 0.445. The fourth-order valence-corrected chi connectivity index (χ4v) is 2.19. The first-order chi connectivity index (χ1) is 10.4. The van der Waals surface area contributed by atoms with E-state index in [-0.39, 0.29) is 17.4 Å². The van der Waals surface area contributed by atoms with Gasteiger partial charge in [0.15, 0.2) is 0 Å². The molecule has 0 fully saturated rings. The highest BCUT2D eigenvalue weighted by atomic mass is 79.9. The van der Waals surface area contributed by atoms with Gasteiger partial charge < -0.3 is 10.2 Å². The minimum atomic E-state index is -0.361. The van der Waals surface area contributed by atoms with Gasteiger partial charge in [0.1, 0.15) is 11.5 Å². The molecular weight excluding hydrogens is 348 g/mol. The van der Waals surface area contributed by atoms with Crippen LogP contribution in [0.5, 0.6) is 11.5 Å². The van der Waals surface area contributed by atoms with Gasteiger partial charge in [0.25, 0.3) is 5.91 Å². The van der Waals surface area contributed by atoms with E-state index < -0.39 is 0 Å². The van der Waals surface area contributed by atoms with E-state index in [1.165, 1.54) is 18.2 Å². The molecule has 2 rings (SSSR count). The minimum Gasteiger partial charge on any atom is -0.508 e. The summed E-state index contributed by atoms with van der Waals surface area (Å²) in [4.78, 5) is 12.0. The number of halogens is 1. The average molecular weight is 363 g/mol. The van der Waals surface area contributed by atoms with E-state index in [0.717, 1.165) is 10.0 Å². The average Bonchev–Trinajstić information content (AvgIpc) is 2.49. The first kappa shape index (κ1) is 16.0. The van der Waals surface area contributed by atoms with Gasteiger partial charge in [-0.25, -0.2) is 5.43 Å². The van der Waals surface area contributed by atoms with Crippen molar-refractivity contribution in [2.24, 2.45) is 5.10 Å². The third-order valence-corrected chi connectivity index (χ3v) is 3.98. The third kappa shape index (κ3) is 3.65. The molecule has 0 aromatic heterocycles. The van der Waals surface area contributed by atoms with Crippen molar-refractivity contribution in [1.29, 1.82) is 0 Å². The van der Waals surface area contributed by atoms with Crippen LogP contribution in [0.4, 0.5) is 0 Å². The first-order valence-electron chi connectivity index (χ1n) is 6.51. The van der Waals surface area contributed by atoms with Crippen molar-refractivity contribution < 1.29 is 15.0 Å². The van der Waals surface area contributed by atoms with Crippen molar-refractivity contribution in [3.05, 3.63) is 57.6 Å². The smallest absolute Gasteiger partial charge is 0.271 e. The molecule has 0 aliphatic carbocycles. The second kappa shape index (κ2) is 6.62. The monoisotopic (exact) mass is 362 g/mol. The van der Waals surface area contributed by atoms with E-state index in [1.807, 2.05) is 13.0 Å². The van der Waals surface area contributed by atoms with Gasteiger partial charge in [-0.15, -0.1) is 0 Å². The Hall–Kier alpha value is -2.34. The van der Waals surface area contributed by atoms with Crippen LogP contribution in [-0.4, -0.2) is 21.8 Å². The Morgan fingerprint density at radius 2 is 1.91 bits per heavy atom. The number of hydrogen-bond acceptors (Lipinski definition) is 4. The van der Waals surface area contributed by atoms with E-state index in [9.17, 15) is 15.0 Å². The van der Waals surface area contributed by atoms with Gasteiger partial charge in [0.2, 0.25) is 0 Å². The number of carbonyl (C=O) groups excluding carboxylic acids is 1. The second-order valence-electron chi connectivity index (χ2n) is 4.80. The maximum absolute atomic E-state index is 12.0. The van der Waals surface area contributed by atoms with Crippen molar-refractivity contribution in [1.82, 2.24) is 5.43 Å². The lowest BCUT2D eigenvalue weighted by atomic mass is 10.1. The SMILES string of the molecule is C/C(=N/NC(=O)c1ccc(C)c(Br)c1)c1cc(O)ccc1O. The molecule has 2 aromatic rings. The number of aryl methyl sites for hydroxylation is 1. The van der Waals surface area contributed by atoms with Crippen LogP contribution in [0.3, 0.4) is 0 Å². The lowest BCUT2D eigenvalue weighted by Crippen LogP contribution is -2.19. The van der Waals surface area contributed by atoms with Crippen molar-refractivity contribution in [2.45, 2.75) is 13.8 Å². The van der Waals surface area contributed by atoms with Crippen LogP contribution in [0.2, 0.25) is 0 Å². The molecule has 0 aliphatic heterocycles. The summed E-state index contributed by atoms with van der Waals surface area (Å²) in [6.07, 6.45) is 0. The summed E-state index contributed by atoms with van der Waals surface area (Å²) in [5.74, 6) is -0.373. The van der Waals surface area contributed by atoms with Crippen LogP contribution in [0.1, 0.15) is 28.4 Å². The lowest BCUT2D eigenvalue weighted by molar-refractivity contribution is 0.0954. The topological polar surface area (TPSA) is 81.9 Å². The molecule has 0 aliphatic rings. The van der Waals surface area contributed by atoms with Crippen LogP contribution in [0.15, 0.2) is 46.0 Å². The Kier molecular flexibility index (Phi) is 4.82. The van der Waals surface area contributed by atoms with E-state index in [1.54, 1.807) is 19.1 Å². The molecule has 0 unspecified atom stereocenters. The molecule has 0 spiro atoms. The van der Waals surface area contributed by atoms with Gasteiger partial charge in [0.05, 0.1) is 5.71 Å². The van der Waals surface area contributed by atoms with E-state index in [4.69, 9.17) is 0 Å². The normalized spacial score (nSPS) is 11.3. The fourth-order valence-electron chi connectivity index (χ4n) is 1.81. The number of hydrazone groups is 1. The van der Waals surface area contributed by atoms with Crippen molar-refractivity contribution >= 4 is 27.5 Å². The first-order valence-corrected chi connectivity index (χ1v) is 7.31. The number of rotatable bonds is 3. The molecule has 2 aromatic carbocycles. The molecule has 1 amide bonds. The molecule has 114 valence electrons. The van der Waals surface area contributed by atoms with E-state index in [0.29, 0.717) is 16.8 Å². The molecule has 0 heterocycles. The second-order valence-corrected chi connectivity index (χ2v) is 5.66.